The Morgan fingerprint density at radius 3 is 3.17 bits per heavy atom. The van der Waals surface area contributed by atoms with Crippen molar-refractivity contribution in [2.75, 3.05) is 32.8 Å². The number of hydrogen-bond donors (Lipinski definition) is 1. The molecule has 0 bridgehead atoms. The molecule has 2 heterocycles. The largest absolute Gasteiger partial charge is 0.487 e. The van der Waals surface area contributed by atoms with Crippen LogP contribution in [0.1, 0.15) is 18.2 Å². The van der Waals surface area contributed by atoms with Gasteiger partial charge in [-0.15, -0.1) is 11.3 Å². The molecule has 1 saturated heterocycles. The number of thiazole rings is 1. The van der Waals surface area contributed by atoms with Crippen molar-refractivity contribution in [2.24, 2.45) is 0 Å². The van der Waals surface area contributed by atoms with Gasteiger partial charge in [0.1, 0.15) is 12.4 Å². The summed E-state index contributed by atoms with van der Waals surface area (Å²) >= 11 is 1.59. The molecule has 130 valence electrons. The van der Waals surface area contributed by atoms with E-state index in [1.807, 2.05) is 29.1 Å². The van der Waals surface area contributed by atoms with E-state index in [9.17, 15) is 0 Å². The van der Waals surface area contributed by atoms with Crippen molar-refractivity contribution in [1.82, 2.24) is 15.2 Å². The predicted molar refractivity (Wildman–Crippen MR) is 96.4 cm³/mol. The average molecular weight is 347 g/mol. The van der Waals surface area contributed by atoms with Crippen molar-refractivity contribution < 1.29 is 9.47 Å². The molecular weight excluding hydrogens is 322 g/mol. The molecule has 1 atom stereocenters. The second-order valence-corrected chi connectivity index (χ2v) is 6.61. The predicted octanol–water partition coefficient (Wildman–Crippen LogP) is 2.53. The molecule has 0 spiro atoms. The van der Waals surface area contributed by atoms with Gasteiger partial charge >= 0.3 is 0 Å². The van der Waals surface area contributed by atoms with E-state index in [2.05, 4.69) is 28.2 Å². The lowest BCUT2D eigenvalue weighted by atomic mass is 10.2. The molecule has 0 amide bonds. The molecule has 2 aromatic rings. The summed E-state index contributed by atoms with van der Waals surface area (Å²) in [6.45, 7) is 8.31. The third-order valence-corrected chi connectivity index (χ3v) is 4.82. The number of aromatic nitrogens is 1. The van der Waals surface area contributed by atoms with E-state index in [0.29, 0.717) is 6.61 Å². The van der Waals surface area contributed by atoms with Crippen molar-refractivity contribution in [3.63, 3.8) is 0 Å². The maximum absolute atomic E-state index is 5.92. The maximum Gasteiger partial charge on any atom is 0.131 e. The van der Waals surface area contributed by atoms with Crippen LogP contribution in [0.4, 0.5) is 0 Å². The lowest BCUT2D eigenvalue weighted by Gasteiger charge is -2.32. The zero-order chi connectivity index (χ0) is 16.6. The molecule has 1 fully saturated rings. The van der Waals surface area contributed by atoms with Crippen molar-refractivity contribution >= 4 is 11.3 Å². The van der Waals surface area contributed by atoms with E-state index in [1.165, 1.54) is 0 Å². The molecular formula is C18H25N3O2S. The molecule has 3 rings (SSSR count). The highest BCUT2D eigenvalue weighted by Crippen LogP contribution is 2.19. The second kappa shape index (κ2) is 9.13. The molecule has 5 nitrogen and oxygen atoms in total. The number of nitrogens with one attached hydrogen (secondary N) is 1. The van der Waals surface area contributed by atoms with Gasteiger partial charge in [-0.25, -0.2) is 4.98 Å². The first-order valence-electron chi connectivity index (χ1n) is 8.47. The Balaban J connectivity index is 1.48. The van der Waals surface area contributed by atoms with Crippen LogP contribution in [0.3, 0.4) is 0 Å². The summed E-state index contributed by atoms with van der Waals surface area (Å²) in [7, 11) is 0. The summed E-state index contributed by atoms with van der Waals surface area (Å²) in [5, 5.41) is 5.52. The Morgan fingerprint density at radius 1 is 1.42 bits per heavy atom. The third kappa shape index (κ3) is 5.01. The highest BCUT2D eigenvalue weighted by molar-refractivity contribution is 7.07. The number of rotatable bonds is 8. The molecule has 0 aliphatic carbocycles. The van der Waals surface area contributed by atoms with Crippen LogP contribution in [0.2, 0.25) is 0 Å². The minimum atomic E-state index is 0.266. The van der Waals surface area contributed by atoms with Gasteiger partial charge in [0.25, 0.3) is 0 Å². The number of ether oxygens (including phenoxy) is 2. The number of likely N-dealkylation sites (N-methyl/N-ethyl adjacent to an activating group) is 1. The van der Waals surface area contributed by atoms with Crippen LogP contribution in [0.5, 0.6) is 5.75 Å². The topological polar surface area (TPSA) is 46.6 Å². The summed E-state index contributed by atoms with van der Waals surface area (Å²) in [6.07, 6.45) is 0.266. The summed E-state index contributed by atoms with van der Waals surface area (Å²) in [5.74, 6) is 0.915. The van der Waals surface area contributed by atoms with Crippen LogP contribution in [0.15, 0.2) is 35.2 Å². The first-order chi connectivity index (χ1) is 11.8. The maximum atomic E-state index is 5.92. The quantitative estimate of drug-likeness (QED) is 0.795. The van der Waals surface area contributed by atoms with Crippen LogP contribution >= 0.6 is 11.3 Å². The standard InChI is InChI=1S/C18H25N3O2S/c1-2-21-7-8-22-17(11-21)10-19-9-15-5-3-4-6-18(15)23-12-16-13-24-14-20-16/h3-6,13-14,17,19H,2,7-12H2,1H3/t17-/m0/s1. The molecule has 1 aromatic heterocycles. The van der Waals surface area contributed by atoms with Gasteiger partial charge in [-0.3, -0.25) is 4.90 Å². The molecule has 6 heteroatoms. The van der Waals surface area contributed by atoms with Gasteiger partial charge in [0.15, 0.2) is 0 Å². The lowest BCUT2D eigenvalue weighted by molar-refractivity contribution is -0.0253. The minimum absolute atomic E-state index is 0.266. The van der Waals surface area contributed by atoms with Crippen LogP contribution in [0.25, 0.3) is 0 Å². The van der Waals surface area contributed by atoms with Gasteiger partial charge in [-0.1, -0.05) is 25.1 Å². The number of benzene rings is 1. The Morgan fingerprint density at radius 2 is 2.33 bits per heavy atom. The molecule has 0 unspecified atom stereocenters. The molecule has 0 radical (unpaired) electrons. The van der Waals surface area contributed by atoms with Gasteiger partial charge in [-0.2, -0.15) is 0 Å². The van der Waals surface area contributed by atoms with E-state index in [-0.39, 0.29) is 6.10 Å². The Labute approximate surface area is 147 Å². The Bertz CT molecular complexity index is 606. The van der Waals surface area contributed by atoms with Gasteiger partial charge in [0, 0.05) is 37.1 Å². The number of hydrogen-bond acceptors (Lipinski definition) is 6. The molecule has 1 aromatic carbocycles. The Kier molecular flexibility index (Phi) is 6.60. The smallest absolute Gasteiger partial charge is 0.131 e. The monoisotopic (exact) mass is 347 g/mol. The first kappa shape index (κ1) is 17.4. The number of para-hydroxylation sites is 1. The van der Waals surface area contributed by atoms with E-state index < -0.39 is 0 Å². The number of nitrogens with zero attached hydrogens (tertiary/aromatic N) is 2. The summed E-state index contributed by atoms with van der Waals surface area (Å²) in [6, 6.07) is 8.16. The number of morpholine rings is 1. The van der Waals surface area contributed by atoms with Crippen LogP contribution < -0.4 is 10.1 Å². The fourth-order valence-electron chi connectivity index (χ4n) is 2.81. The van der Waals surface area contributed by atoms with Gasteiger partial charge in [-0.05, 0) is 12.6 Å². The first-order valence-corrected chi connectivity index (χ1v) is 9.42. The lowest BCUT2D eigenvalue weighted by Crippen LogP contribution is -2.46. The minimum Gasteiger partial charge on any atom is -0.487 e. The zero-order valence-electron chi connectivity index (χ0n) is 14.1. The molecule has 0 saturated carbocycles. The summed E-state index contributed by atoms with van der Waals surface area (Å²) in [5.41, 5.74) is 3.96. The molecule has 1 N–H and O–H groups in total. The fourth-order valence-corrected chi connectivity index (χ4v) is 3.35. The van der Waals surface area contributed by atoms with Crippen LogP contribution in [-0.2, 0) is 17.9 Å². The molecule has 1 aliphatic rings. The SMILES string of the molecule is CCN1CCO[C@@H](CNCc2ccccc2OCc2cscn2)C1. The second-order valence-electron chi connectivity index (χ2n) is 5.89. The summed E-state index contributed by atoms with van der Waals surface area (Å²) < 4.78 is 11.8. The normalized spacial score (nSPS) is 18.6. The van der Waals surface area contributed by atoms with E-state index in [4.69, 9.17) is 9.47 Å². The molecule has 24 heavy (non-hydrogen) atoms. The highest BCUT2D eigenvalue weighted by atomic mass is 32.1. The van der Waals surface area contributed by atoms with Gasteiger partial charge in [0.2, 0.25) is 0 Å². The van der Waals surface area contributed by atoms with E-state index in [0.717, 1.165) is 56.3 Å². The van der Waals surface area contributed by atoms with Crippen molar-refractivity contribution in [3.8, 4) is 5.75 Å². The van der Waals surface area contributed by atoms with E-state index in [1.54, 1.807) is 11.3 Å². The third-order valence-electron chi connectivity index (χ3n) is 4.19. The van der Waals surface area contributed by atoms with E-state index >= 15 is 0 Å². The van der Waals surface area contributed by atoms with Crippen molar-refractivity contribution in [2.45, 2.75) is 26.2 Å². The van der Waals surface area contributed by atoms with Crippen LogP contribution in [-0.4, -0.2) is 48.8 Å². The average Bonchev–Trinajstić information content (AvgIpc) is 3.15. The Hall–Kier alpha value is -1.47. The van der Waals surface area contributed by atoms with Gasteiger partial charge < -0.3 is 14.8 Å². The van der Waals surface area contributed by atoms with Crippen molar-refractivity contribution in [1.29, 1.82) is 0 Å². The summed E-state index contributed by atoms with van der Waals surface area (Å²) in [4.78, 5) is 6.69. The highest BCUT2D eigenvalue weighted by Gasteiger charge is 2.18. The van der Waals surface area contributed by atoms with Gasteiger partial charge in [0.05, 0.1) is 23.9 Å². The molecule has 1 aliphatic heterocycles. The van der Waals surface area contributed by atoms with Crippen LogP contribution in [0, 0.1) is 0 Å². The van der Waals surface area contributed by atoms with Crippen molar-refractivity contribution in [3.05, 3.63) is 46.4 Å². The fraction of sp³-hybridized carbons (Fsp3) is 0.500. The zero-order valence-corrected chi connectivity index (χ0v) is 14.9.